The molecule has 1 aromatic heterocycles. The highest BCUT2D eigenvalue weighted by Crippen LogP contribution is 2.08. The van der Waals surface area contributed by atoms with Gasteiger partial charge in [-0.3, -0.25) is 9.59 Å². The topological polar surface area (TPSA) is 60.8 Å². The average molecular weight is 282 g/mol. The standard InChI is InChI=1S/C14H22N2O4/c1-4-15-8-5-6-12(15)14(18)16(10-11-19-2)9-7-13(17)20-3/h5-6,8H,4,7,9-11H2,1-3H3. The number of carbonyl (C=O) groups is 2. The van der Waals surface area contributed by atoms with Gasteiger partial charge in [0.25, 0.3) is 5.91 Å². The van der Waals surface area contributed by atoms with Crippen molar-refractivity contribution in [1.29, 1.82) is 0 Å². The quantitative estimate of drug-likeness (QED) is 0.671. The maximum atomic E-state index is 12.5. The number of aryl methyl sites for hydroxylation is 1. The van der Waals surface area contributed by atoms with Crippen LogP contribution in [0.15, 0.2) is 18.3 Å². The molecule has 0 aliphatic carbocycles. The van der Waals surface area contributed by atoms with Crippen LogP contribution in [0.25, 0.3) is 0 Å². The third kappa shape index (κ3) is 4.38. The van der Waals surface area contributed by atoms with Crippen LogP contribution in [0, 0.1) is 0 Å². The molecule has 1 rings (SSSR count). The molecular weight excluding hydrogens is 260 g/mol. The molecule has 0 atom stereocenters. The predicted octanol–water partition coefficient (Wildman–Crippen LogP) is 1.16. The molecule has 20 heavy (non-hydrogen) atoms. The number of nitrogens with zero attached hydrogens (tertiary/aromatic N) is 2. The second kappa shape index (κ2) is 8.37. The zero-order chi connectivity index (χ0) is 15.0. The van der Waals surface area contributed by atoms with E-state index in [0.29, 0.717) is 25.4 Å². The minimum absolute atomic E-state index is 0.0993. The third-order valence-electron chi connectivity index (χ3n) is 3.06. The molecule has 0 bridgehead atoms. The fourth-order valence-electron chi connectivity index (χ4n) is 1.89. The molecule has 0 saturated heterocycles. The Hall–Kier alpha value is -1.82. The first-order valence-corrected chi connectivity index (χ1v) is 6.64. The maximum absolute atomic E-state index is 12.5. The molecule has 0 aliphatic heterocycles. The van der Waals surface area contributed by atoms with Crippen LogP contribution >= 0.6 is 0 Å². The molecule has 1 amide bonds. The number of methoxy groups -OCH3 is 2. The molecule has 0 aliphatic rings. The van der Waals surface area contributed by atoms with Gasteiger partial charge >= 0.3 is 5.97 Å². The van der Waals surface area contributed by atoms with Crippen LogP contribution in [0.1, 0.15) is 23.8 Å². The van der Waals surface area contributed by atoms with E-state index in [4.69, 9.17) is 4.74 Å². The molecule has 6 heteroatoms. The Kier molecular flexibility index (Phi) is 6.79. The average Bonchev–Trinajstić information content (AvgIpc) is 2.94. The first-order chi connectivity index (χ1) is 9.63. The molecule has 1 aromatic rings. The second-order valence-corrected chi connectivity index (χ2v) is 4.29. The highest BCUT2D eigenvalue weighted by atomic mass is 16.5. The second-order valence-electron chi connectivity index (χ2n) is 4.29. The van der Waals surface area contributed by atoms with E-state index in [0.717, 1.165) is 6.54 Å². The summed E-state index contributed by atoms with van der Waals surface area (Å²) in [5, 5.41) is 0. The molecule has 1 heterocycles. The largest absolute Gasteiger partial charge is 0.469 e. The number of esters is 1. The van der Waals surface area contributed by atoms with E-state index < -0.39 is 0 Å². The van der Waals surface area contributed by atoms with Crippen molar-refractivity contribution >= 4 is 11.9 Å². The van der Waals surface area contributed by atoms with E-state index in [1.54, 1.807) is 18.1 Å². The Balaban J connectivity index is 2.75. The van der Waals surface area contributed by atoms with Crippen LogP contribution in [0.4, 0.5) is 0 Å². The lowest BCUT2D eigenvalue weighted by Gasteiger charge is -2.22. The molecule has 0 unspecified atom stereocenters. The van der Waals surface area contributed by atoms with Crippen molar-refractivity contribution < 1.29 is 19.1 Å². The van der Waals surface area contributed by atoms with Crippen molar-refractivity contribution in [2.45, 2.75) is 19.9 Å². The SMILES string of the molecule is CCn1cccc1C(=O)N(CCOC)CCC(=O)OC. The maximum Gasteiger partial charge on any atom is 0.307 e. The van der Waals surface area contributed by atoms with E-state index in [9.17, 15) is 9.59 Å². The highest BCUT2D eigenvalue weighted by molar-refractivity contribution is 5.93. The Morgan fingerprint density at radius 2 is 2.05 bits per heavy atom. The number of aromatic nitrogens is 1. The summed E-state index contributed by atoms with van der Waals surface area (Å²) in [5.74, 6) is -0.427. The molecule has 6 nitrogen and oxygen atoms in total. The van der Waals surface area contributed by atoms with Crippen LogP contribution in [-0.4, -0.2) is 55.3 Å². The van der Waals surface area contributed by atoms with Crippen LogP contribution in [0.2, 0.25) is 0 Å². The fraction of sp³-hybridized carbons (Fsp3) is 0.571. The lowest BCUT2D eigenvalue weighted by Crippen LogP contribution is -2.36. The van der Waals surface area contributed by atoms with Gasteiger partial charge in [-0.25, -0.2) is 0 Å². The van der Waals surface area contributed by atoms with Gasteiger partial charge in [-0.05, 0) is 19.1 Å². The van der Waals surface area contributed by atoms with Gasteiger partial charge in [0.1, 0.15) is 5.69 Å². The molecule has 0 N–H and O–H groups in total. The van der Waals surface area contributed by atoms with Crippen LogP contribution < -0.4 is 0 Å². The highest BCUT2D eigenvalue weighted by Gasteiger charge is 2.19. The van der Waals surface area contributed by atoms with Crippen molar-refractivity contribution in [1.82, 2.24) is 9.47 Å². The van der Waals surface area contributed by atoms with E-state index in [1.165, 1.54) is 7.11 Å². The summed E-state index contributed by atoms with van der Waals surface area (Å²) in [4.78, 5) is 25.3. The Morgan fingerprint density at radius 1 is 1.30 bits per heavy atom. The zero-order valence-electron chi connectivity index (χ0n) is 12.3. The summed E-state index contributed by atoms with van der Waals surface area (Å²) < 4.78 is 11.5. The van der Waals surface area contributed by atoms with Gasteiger partial charge in [0.15, 0.2) is 0 Å². The molecular formula is C14H22N2O4. The minimum Gasteiger partial charge on any atom is -0.469 e. The number of hydrogen-bond acceptors (Lipinski definition) is 4. The zero-order valence-corrected chi connectivity index (χ0v) is 12.3. The smallest absolute Gasteiger partial charge is 0.307 e. The molecule has 0 spiro atoms. The van der Waals surface area contributed by atoms with Crippen molar-refractivity contribution in [3.05, 3.63) is 24.0 Å². The lowest BCUT2D eigenvalue weighted by atomic mass is 10.3. The molecule has 112 valence electrons. The Labute approximate surface area is 119 Å². The minimum atomic E-state index is -0.328. The van der Waals surface area contributed by atoms with Gasteiger partial charge in [0.2, 0.25) is 0 Å². The molecule has 0 saturated carbocycles. The number of ether oxygens (including phenoxy) is 2. The van der Waals surface area contributed by atoms with E-state index in [2.05, 4.69) is 4.74 Å². The van der Waals surface area contributed by atoms with Gasteiger partial charge < -0.3 is 18.9 Å². The summed E-state index contributed by atoms with van der Waals surface area (Å²) in [5.41, 5.74) is 0.619. The number of hydrogen-bond donors (Lipinski definition) is 0. The number of rotatable bonds is 8. The van der Waals surface area contributed by atoms with Gasteiger partial charge in [0.05, 0.1) is 20.1 Å². The van der Waals surface area contributed by atoms with Crippen LogP contribution in [-0.2, 0) is 20.8 Å². The van der Waals surface area contributed by atoms with E-state index in [1.807, 2.05) is 23.8 Å². The first kappa shape index (κ1) is 16.2. The van der Waals surface area contributed by atoms with Crippen molar-refractivity contribution in [2.24, 2.45) is 0 Å². The Bertz CT molecular complexity index is 442. The number of amides is 1. The van der Waals surface area contributed by atoms with Gasteiger partial charge in [0, 0.05) is 32.9 Å². The third-order valence-corrected chi connectivity index (χ3v) is 3.06. The molecule has 0 fully saturated rings. The Morgan fingerprint density at radius 3 is 2.65 bits per heavy atom. The van der Waals surface area contributed by atoms with Crippen molar-refractivity contribution in [3.63, 3.8) is 0 Å². The van der Waals surface area contributed by atoms with E-state index >= 15 is 0 Å². The molecule has 0 aromatic carbocycles. The van der Waals surface area contributed by atoms with Crippen molar-refractivity contribution in [3.8, 4) is 0 Å². The lowest BCUT2D eigenvalue weighted by molar-refractivity contribution is -0.140. The summed E-state index contributed by atoms with van der Waals surface area (Å²) in [7, 11) is 2.92. The van der Waals surface area contributed by atoms with Crippen LogP contribution in [0.5, 0.6) is 0 Å². The monoisotopic (exact) mass is 282 g/mol. The summed E-state index contributed by atoms with van der Waals surface area (Å²) >= 11 is 0. The van der Waals surface area contributed by atoms with Gasteiger partial charge in [-0.15, -0.1) is 0 Å². The summed E-state index contributed by atoms with van der Waals surface area (Å²) in [6.07, 6.45) is 2.04. The molecule has 0 radical (unpaired) electrons. The number of carbonyl (C=O) groups excluding carboxylic acids is 2. The van der Waals surface area contributed by atoms with Gasteiger partial charge in [-0.2, -0.15) is 0 Å². The normalized spacial score (nSPS) is 10.3. The predicted molar refractivity (Wildman–Crippen MR) is 74.5 cm³/mol. The van der Waals surface area contributed by atoms with Crippen molar-refractivity contribution in [2.75, 3.05) is 33.9 Å². The fourth-order valence-corrected chi connectivity index (χ4v) is 1.89. The van der Waals surface area contributed by atoms with Gasteiger partial charge in [-0.1, -0.05) is 0 Å². The summed E-state index contributed by atoms with van der Waals surface area (Å²) in [6, 6.07) is 3.62. The van der Waals surface area contributed by atoms with Crippen LogP contribution in [0.3, 0.4) is 0 Å². The summed E-state index contributed by atoms with van der Waals surface area (Å²) in [6.45, 7) is 3.90. The van der Waals surface area contributed by atoms with E-state index in [-0.39, 0.29) is 18.3 Å². The first-order valence-electron chi connectivity index (χ1n) is 6.64.